The van der Waals surface area contributed by atoms with Gasteiger partial charge in [0.1, 0.15) is 0 Å². The Labute approximate surface area is 73.0 Å². The SMILES string of the molecule is C/C=C(/C)c1ccc(C#N)cc1. The van der Waals surface area contributed by atoms with Crippen LogP contribution >= 0.6 is 0 Å². The zero-order chi connectivity index (χ0) is 8.97. The quantitative estimate of drug-likeness (QED) is 0.614. The molecule has 12 heavy (non-hydrogen) atoms. The van der Waals surface area contributed by atoms with E-state index in [1.807, 2.05) is 31.2 Å². The van der Waals surface area contributed by atoms with E-state index < -0.39 is 0 Å². The second-order valence-corrected chi connectivity index (χ2v) is 2.66. The highest BCUT2D eigenvalue weighted by atomic mass is 14.2. The molecule has 0 aliphatic carbocycles. The highest BCUT2D eigenvalue weighted by molar-refractivity contribution is 5.63. The summed E-state index contributed by atoms with van der Waals surface area (Å²) in [5, 5.41) is 8.56. The number of nitrogens with zero attached hydrogens (tertiary/aromatic N) is 1. The van der Waals surface area contributed by atoms with Crippen molar-refractivity contribution in [1.29, 1.82) is 5.26 Å². The van der Waals surface area contributed by atoms with E-state index in [4.69, 9.17) is 5.26 Å². The smallest absolute Gasteiger partial charge is 0.0991 e. The van der Waals surface area contributed by atoms with Gasteiger partial charge < -0.3 is 0 Å². The Morgan fingerprint density at radius 2 is 1.92 bits per heavy atom. The molecule has 0 radical (unpaired) electrons. The molecule has 0 N–H and O–H groups in total. The summed E-state index contributed by atoms with van der Waals surface area (Å²) in [6.45, 7) is 4.06. The molecule has 1 heteroatoms. The molecule has 0 heterocycles. The second kappa shape index (κ2) is 3.73. The average molecular weight is 157 g/mol. The van der Waals surface area contributed by atoms with Crippen molar-refractivity contribution in [3.05, 3.63) is 41.5 Å². The fraction of sp³-hybridized carbons (Fsp3) is 0.182. The van der Waals surface area contributed by atoms with E-state index in [0.29, 0.717) is 5.56 Å². The van der Waals surface area contributed by atoms with Crippen molar-refractivity contribution in [3.63, 3.8) is 0 Å². The third-order valence-corrected chi connectivity index (χ3v) is 1.90. The molecule has 60 valence electrons. The van der Waals surface area contributed by atoms with Crippen molar-refractivity contribution in [3.8, 4) is 6.07 Å². The summed E-state index contributed by atoms with van der Waals surface area (Å²) in [5.74, 6) is 0. The summed E-state index contributed by atoms with van der Waals surface area (Å²) < 4.78 is 0. The van der Waals surface area contributed by atoms with Crippen LogP contribution in [0.1, 0.15) is 25.0 Å². The van der Waals surface area contributed by atoms with Gasteiger partial charge in [-0.15, -0.1) is 0 Å². The largest absolute Gasteiger partial charge is 0.192 e. The molecule has 1 nitrogen and oxygen atoms in total. The van der Waals surface area contributed by atoms with Gasteiger partial charge in [0, 0.05) is 0 Å². The van der Waals surface area contributed by atoms with Gasteiger partial charge in [-0.05, 0) is 37.1 Å². The van der Waals surface area contributed by atoms with Crippen LogP contribution in [0.15, 0.2) is 30.3 Å². The monoisotopic (exact) mass is 157 g/mol. The summed E-state index contributed by atoms with van der Waals surface area (Å²) in [6.07, 6.45) is 2.06. The van der Waals surface area contributed by atoms with E-state index in [0.717, 1.165) is 0 Å². The highest BCUT2D eigenvalue weighted by Gasteiger charge is 1.93. The number of hydrogen-bond acceptors (Lipinski definition) is 1. The molecule has 0 aliphatic rings. The molecule has 1 aromatic rings. The Hall–Kier alpha value is -1.55. The average Bonchev–Trinajstić information content (AvgIpc) is 2.17. The molecular formula is C11H11N. The Balaban J connectivity index is 3.02. The van der Waals surface area contributed by atoms with Crippen molar-refractivity contribution >= 4 is 5.57 Å². The predicted molar refractivity (Wildman–Crippen MR) is 50.5 cm³/mol. The van der Waals surface area contributed by atoms with Crippen molar-refractivity contribution < 1.29 is 0 Å². The molecule has 0 aliphatic heterocycles. The summed E-state index contributed by atoms with van der Waals surface area (Å²) in [4.78, 5) is 0. The minimum atomic E-state index is 0.711. The van der Waals surface area contributed by atoms with Gasteiger partial charge in [0.2, 0.25) is 0 Å². The normalized spacial score (nSPS) is 10.9. The van der Waals surface area contributed by atoms with Crippen LogP contribution in [-0.2, 0) is 0 Å². The lowest BCUT2D eigenvalue weighted by molar-refractivity contribution is 1.46. The van der Waals surface area contributed by atoms with Gasteiger partial charge in [-0.25, -0.2) is 0 Å². The molecular weight excluding hydrogens is 146 g/mol. The van der Waals surface area contributed by atoms with Crippen molar-refractivity contribution in [2.75, 3.05) is 0 Å². The number of hydrogen-bond donors (Lipinski definition) is 0. The summed E-state index contributed by atoms with van der Waals surface area (Å²) >= 11 is 0. The van der Waals surface area contributed by atoms with Crippen LogP contribution in [0.2, 0.25) is 0 Å². The molecule has 0 saturated heterocycles. The van der Waals surface area contributed by atoms with Gasteiger partial charge in [0.05, 0.1) is 11.6 Å². The fourth-order valence-corrected chi connectivity index (χ4v) is 0.974. The summed E-state index contributed by atoms with van der Waals surface area (Å²) in [5.41, 5.74) is 3.12. The third kappa shape index (κ3) is 1.73. The number of benzene rings is 1. The first-order chi connectivity index (χ1) is 5.77. The van der Waals surface area contributed by atoms with Gasteiger partial charge >= 0.3 is 0 Å². The topological polar surface area (TPSA) is 23.8 Å². The van der Waals surface area contributed by atoms with Crippen molar-refractivity contribution in [2.45, 2.75) is 13.8 Å². The number of nitriles is 1. The van der Waals surface area contributed by atoms with Crippen LogP contribution in [0.25, 0.3) is 5.57 Å². The molecule has 0 unspecified atom stereocenters. The van der Waals surface area contributed by atoms with Gasteiger partial charge in [-0.3, -0.25) is 0 Å². The maximum Gasteiger partial charge on any atom is 0.0991 e. The standard InChI is InChI=1S/C11H11N/c1-3-9(2)11-6-4-10(8-12)5-7-11/h3-7H,1-2H3/b9-3-. The third-order valence-electron chi connectivity index (χ3n) is 1.90. The lowest BCUT2D eigenvalue weighted by atomic mass is 10.1. The zero-order valence-corrected chi connectivity index (χ0v) is 7.33. The Morgan fingerprint density at radius 3 is 2.33 bits per heavy atom. The first-order valence-corrected chi connectivity index (χ1v) is 3.91. The fourth-order valence-electron chi connectivity index (χ4n) is 0.974. The van der Waals surface area contributed by atoms with E-state index in [9.17, 15) is 0 Å². The Kier molecular flexibility index (Phi) is 2.66. The van der Waals surface area contributed by atoms with Gasteiger partial charge in [-0.2, -0.15) is 5.26 Å². The first kappa shape index (κ1) is 8.55. The molecule has 0 aromatic heterocycles. The maximum atomic E-state index is 8.56. The first-order valence-electron chi connectivity index (χ1n) is 3.91. The predicted octanol–water partition coefficient (Wildman–Crippen LogP) is 2.98. The highest BCUT2D eigenvalue weighted by Crippen LogP contribution is 2.13. The zero-order valence-electron chi connectivity index (χ0n) is 7.33. The molecule has 0 atom stereocenters. The maximum absolute atomic E-state index is 8.56. The number of allylic oxidation sites excluding steroid dienone is 2. The minimum Gasteiger partial charge on any atom is -0.192 e. The molecule has 0 amide bonds. The minimum absolute atomic E-state index is 0.711. The summed E-state index contributed by atoms with van der Waals surface area (Å²) in [7, 11) is 0. The van der Waals surface area contributed by atoms with Crippen LogP contribution in [0, 0.1) is 11.3 Å². The van der Waals surface area contributed by atoms with Crippen molar-refractivity contribution in [2.24, 2.45) is 0 Å². The van der Waals surface area contributed by atoms with Crippen LogP contribution < -0.4 is 0 Å². The van der Waals surface area contributed by atoms with Gasteiger partial charge in [-0.1, -0.05) is 18.2 Å². The van der Waals surface area contributed by atoms with Gasteiger partial charge in [0.15, 0.2) is 0 Å². The van der Waals surface area contributed by atoms with E-state index in [2.05, 4.69) is 19.1 Å². The Bertz CT molecular complexity index is 325. The van der Waals surface area contributed by atoms with E-state index >= 15 is 0 Å². The van der Waals surface area contributed by atoms with E-state index in [-0.39, 0.29) is 0 Å². The molecule has 0 bridgehead atoms. The van der Waals surface area contributed by atoms with E-state index in [1.54, 1.807) is 0 Å². The second-order valence-electron chi connectivity index (χ2n) is 2.66. The van der Waals surface area contributed by atoms with Crippen LogP contribution in [0.4, 0.5) is 0 Å². The molecule has 0 fully saturated rings. The molecule has 0 spiro atoms. The van der Waals surface area contributed by atoms with Crippen LogP contribution in [0.3, 0.4) is 0 Å². The lowest BCUT2D eigenvalue weighted by Gasteiger charge is -1.98. The lowest BCUT2D eigenvalue weighted by Crippen LogP contribution is -1.79. The Morgan fingerprint density at radius 1 is 1.33 bits per heavy atom. The number of rotatable bonds is 1. The van der Waals surface area contributed by atoms with Crippen molar-refractivity contribution in [1.82, 2.24) is 0 Å². The molecule has 1 aromatic carbocycles. The van der Waals surface area contributed by atoms with Crippen LogP contribution in [0.5, 0.6) is 0 Å². The van der Waals surface area contributed by atoms with E-state index in [1.165, 1.54) is 11.1 Å². The molecule has 0 saturated carbocycles. The molecule has 1 rings (SSSR count). The van der Waals surface area contributed by atoms with Crippen LogP contribution in [-0.4, -0.2) is 0 Å². The summed E-state index contributed by atoms with van der Waals surface area (Å²) in [6, 6.07) is 9.70. The van der Waals surface area contributed by atoms with Gasteiger partial charge in [0.25, 0.3) is 0 Å².